The summed E-state index contributed by atoms with van der Waals surface area (Å²) in [4.78, 5) is 14.6. The number of nitrogens with zero attached hydrogens (tertiary/aromatic N) is 1. The van der Waals surface area contributed by atoms with Crippen LogP contribution < -0.4 is 9.47 Å². The third-order valence-corrected chi connectivity index (χ3v) is 6.25. The first-order valence-corrected chi connectivity index (χ1v) is 10.4. The van der Waals surface area contributed by atoms with Crippen molar-refractivity contribution >= 4 is 17.7 Å². The van der Waals surface area contributed by atoms with Crippen molar-refractivity contribution in [2.45, 2.75) is 37.5 Å². The van der Waals surface area contributed by atoms with Crippen molar-refractivity contribution in [1.82, 2.24) is 4.90 Å². The molecular weight excluding hydrogens is 362 g/mol. The lowest BCUT2D eigenvalue weighted by Crippen LogP contribution is -2.36. The van der Waals surface area contributed by atoms with Crippen LogP contribution in [0.2, 0.25) is 0 Å². The number of carbonyl (C=O) groups excluding carboxylic acids is 1. The van der Waals surface area contributed by atoms with E-state index in [-0.39, 0.29) is 18.1 Å². The van der Waals surface area contributed by atoms with E-state index in [4.69, 9.17) is 13.9 Å². The van der Waals surface area contributed by atoms with Crippen LogP contribution in [0.15, 0.2) is 41.0 Å². The molecule has 1 aromatic carbocycles. The second kappa shape index (κ2) is 7.50. The molecule has 2 aliphatic heterocycles. The van der Waals surface area contributed by atoms with Crippen molar-refractivity contribution in [3.05, 3.63) is 47.9 Å². The molecule has 1 amide bonds. The molecule has 144 valence electrons. The number of hydrogen-bond donors (Lipinski definition) is 0. The lowest BCUT2D eigenvalue weighted by Gasteiger charge is -2.21. The number of benzene rings is 1. The standard InChI is InChI=1S/C21H25NO4S/c1-21(2)13-15-5-3-6-17(20(15)26-21)25-14-19(23)22-9-8-18(27-12-10-22)16-7-4-11-24-16/h3-7,11,18H,8-10,12-14H2,1-2H3/t18-/m0/s1. The topological polar surface area (TPSA) is 51.9 Å². The summed E-state index contributed by atoms with van der Waals surface area (Å²) in [6.45, 7) is 5.62. The second-order valence-corrected chi connectivity index (χ2v) is 8.93. The van der Waals surface area contributed by atoms with E-state index < -0.39 is 0 Å². The van der Waals surface area contributed by atoms with Gasteiger partial charge in [0.25, 0.3) is 5.91 Å². The van der Waals surface area contributed by atoms with Gasteiger partial charge in [0.2, 0.25) is 0 Å². The van der Waals surface area contributed by atoms with Gasteiger partial charge in [-0.15, -0.1) is 11.8 Å². The minimum atomic E-state index is -0.228. The van der Waals surface area contributed by atoms with Gasteiger partial charge < -0.3 is 18.8 Å². The fraction of sp³-hybridized carbons (Fsp3) is 0.476. The van der Waals surface area contributed by atoms with Crippen LogP contribution >= 0.6 is 11.8 Å². The number of ether oxygens (including phenoxy) is 2. The molecule has 3 heterocycles. The van der Waals surface area contributed by atoms with Gasteiger partial charge in [-0.25, -0.2) is 0 Å². The van der Waals surface area contributed by atoms with E-state index in [1.54, 1.807) is 6.26 Å². The van der Waals surface area contributed by atoms with E-state index in [0.29, 0.717) is 11.0 Å². The molecule has 27 heavy (non-hydrogen) atoms. The molecule has 5 nitrogen and oxygen atoms in total. The molecule has 4 rings (SSSR count). The minimum Gasteiger partial charge on any atom is -0.483 e. The Morgan fingerprint density at radius 1 is 1.30 bits per heavy atom. The van der Waals surface area contributed by atoms with E-state index >= 15 is 0 Å². The van der Waals surface area contributed by atoms with Gasteiger partial charge in [-0.3, -0.25) is 4.79 Å². The molecule has 2 aromatic rings. The summed E-state index contributed by atoms with van der Waals surface area (Å²) < 4.78 is 17.4. The summed E-state index contributed by atoms with van der Waals surface area (Å²) in [6, 6.07) is 9.81. The zero-order valence-electron chi connectivity index (χ0n) is 15.8. The Balaban J connectivity index is 1.35. The Morgan fingerprint density at radius 2 is 2.19 bits per heavy atom. The van der Waals surface area contributed by atoms with E-state index in [1.807, 2.05) is 40.9 Å². The van der Waals surface area contributed by atoms with Crippen LogP contribution in [0.4, 0.5) is 0 Å². The molecule has 6 heteroatoms. The number of fused-ring (bicyclic) bond motifs is 1. The van der Waals surface area contributed by atoms with Gasteiger partial charge in [-0.2, -0.15) is 0 Å². The van der Waals surface area contributed by atoms with Crippen LogP contribution in [0.1, 0.15) is 36.8 Å². The Bertz CT molecular complexity index is 803. The first-order valence-electron chi connectivity index (χ1n) is 9.38. The molecule has 0 N–H and O–H groups in total. The molecule has 0 saturated carbocycles. The molecule has 0 aliphatic carbocycles. The number of rotatable bonds is 4. The van der Waals surface area contributed by atoms with Crippen LogP contribution in [0, 0.1) is 0 Å². The molecule has 0 spiro atoms. The zero-order chi connectivity index (χ0) is 18.9. The van der Waals surface area contributed by atoms with Gasteiger partial charge in [0.1, 0.15) is 11.4 Å². The maximum atomic E-state index is 12.7. The van der Waals surface area contributed by atoms with Gasteiger partial charge >= 0.3 is 0 Å². The Kier molecular flexibility index (Phi) is 5.08. The van der Waals surface area contributed by atoms with Gasteiger partial charge in [0, 0.05) is 30.8 Å². The molecular formula is C21H25NO4S. The fourth-order valence-electron chi connectivity index (χ4n) is 3.65. The lowest BCUT2D eigenvalue weighted by atomic mass is 10.0. The quantitative estimate of drug-likeness (QED) is 0.791. The summed E-state index contributed by atoms with van der Waals surface area (Å²) in [5.41, 5.74) is 0.909. The largest absolute Gasteiger partial charge is 0.483 e. The predicted molar refractivity (Wildman–Crippen MR) is 105 cm³/mol. The minimum absolute atomic E-state index is 0.0190. The van der Waals surface area contributed by atoms with Crippen LogP contribution in [0.3, 0.4) is 0 Å². The van der Waals surface area contributed by atoms with Crippen molar-refractivity contribution in [2.75, 3.05) is 25.4 Å². The summed E-state index contributed by atoms with van der Waals surface area (Å²) in [6.07, 6.45) is 3.45. The maximum Gasteiger partial charge on any atom is 0.260 e. The maximum absolute atomic E-state index is 12.7. The average Bonchev–Trinajstić information content (AvgIpc) is 3.19. The molecule has 1 atom stereocenters. The zero-order valence-corrected chi connectivity index (χ0v) is 16.6. The summed E-state index contributed by atoms with van der Waals surface area (Å²) >= 11 is 1.84. The number of thioether (sulfide) groups is 1. The highest BCUT2D eigenvalue weighted by Crippen LogP contribution is 2.41. The average molecular weight is 388 g/mol. The number of hydrogen-bond acceptors (Lipinski definition) is 5. The Morgan fingerprint density at radius 3 is 3.00 bits per heavy atom. The lowest BCUT2D eigenvalue weighted by molar-refractivity contribution is -0.133. The van der Waals surface area contributed by atoms with Crippen LogP contribution in [-0.2, 0) is 11.2 Å². The highest BCUT2D eigenvalue weighted by atomic mass is 32.2. The fourth-order valence-corrected chi connectivity index (χ4v) is 4.83. The third kappa shape index (κ3) is 4.10. The highest BCUT2D eigenvalue weighted by molar-refractivity contribution is 7.99. The Hall–Kier alpha value is -2.08. The van der Waals surface area contributed by atoms with E-state index in [2.05, 4.69) is 19.9 Å². The first kappa shape index (κ1) is 18.3. The molecule has 1 saturated heterocycles. The van der Waals surface area contributed by atoms with Crippen molar-refractivity contribution in [3.63, 3.8) is 0 Å². The van der Waals surface area contributed by atoms with Crippen LogP contribution in [-0.4, -0.2) is 41.9 Å². The van der Waals surface area contributed by atoms with E-state index in [1.165, 1.54) is 0 Å². The van der Waals surface area contributed by atoms with Crippen LogP contribution in [0.5, 0.6) is 11.5 Å². The second-order valence-electron chi connectivity index (χ2n) is 7.62. The molecule has 2 aliphatic rings. The third-order valence-electron chi connectivity index (χ3n) is 4.96. The first-order chi connectivity index (χ1) is 13.0. The van der Waals surface area contributed by atoms with E-state index in [0.717, 1.165) is 48.8 Å². The van der Waals surface area contributed by atoms with Gasteiger partial charge in [-0.1, -0.05) is 12.1 Å². The van der Waals surface area contributed by atoms with Crippen molar-refractivity contribution < 1.29 is 18.7 Å². The molecule has 1 fully saturated rings. The normalized spacial score (nSPS) is 21.3. The summed E-state index contributed by atoms with van der Waals surface area (Å²) in [5, 5.41) is 0.312. The summed E-state index contributed by atoms with van der Waals surface area (Å²) in [5.74, 6) is 3.34. The van der Waals surface area contributed by atoms with Crippen molar-refractivity contribution in [3.8, 4) is 11.5 Å². The summed E-state index contributed by atoms with van der Waals surface area (Å²) in [7, 11) is 0. The highest BCUT2D eigenvalue weighted by Gasteiger charge is 2.32. The molecule has 1 aromatic heterocycles. The monoisotopic (exact) mass is 387 g/mol. The number of furan rings is 1. The molecule has 0 bridgehead atoms. The van der Waals surface area contributed by atoms with E-state index in [9.17, 15) is 4.79 Å². The smallest absolute Gasteiger partial charge is 0.260 e. The predicted octanol–water partition coefficient (Wildman–Crippen LogP) is 4.08. The Labute approximate surface area is 164 Å². The SMILES string of the molecule is CC1(C)Cc2cccc(OCC(=O)N3CCS[C@H](c4ccco4)CC3)c2O1. The molecule has 0 radical (unpaired) electrons. The van der Waals surface area contributed by atoms with Crippen LogP contribution in [0.25, 0.3) is 0 Å². The van der Waals surface area contributed by atoms with Crippen molar-refractivity contribution in [1.29, 1.82) is 0 Å². The van der Waals surface area contributed by atoms with Crippen molar-refractivity contribution in [2.24, 2.45) is 0 Å². The molecule has 0 unspecified atom stereocenters. The van der Waals surface area contributed by atoms with Gasteiger partial charge in [0.05, 0.1) is 11.5 Å². The number of carbonyl (C=O) groups is 1. The van der Waals surface area contributed by atoms with Gasteiger partial charge in [0.15, 0.2) is 18.1 Å². The number of amides is 1. The number of para-hydroxylation sites is 1. The van der Waals surface area contributed by atoms with Gasteiger partial charge in [-0.05, 0) is 38.5 Å².